The Kier molecular flexibility index (Phi) is 12.1. The summed E-state index contributed by atoms with van der Waals surface area (Å²) >= 11 is 0. The fraction of sp³-hybridized carbons (Fsp3) is 0.778. The van der Waals surface area contributed by atoms with Gasteiger partial charge in [-0.1, -0.05) is 49.3 Å². The summed E-state index contributed by atoms with van der Waals surface area (Å²) in [6.45, 7) is 7.30. The van der Waals surface area contributed by atoms with Crippen LogP contribution in [0.2, 0.25) is 0 Å². The Balaban J connectivity index is 6.26. The second kappa shape index (κ2) is 12.6. The average molecular weight is 467 g/mol. The number of aliphatic carboxylic acids is 2. The summed E-state index contributed by atoms with van der Waals surface area (Å²) in [5.41, 5.74) is 23.4. The fourth-order valence-electron chi connectivity index (χ4n) is 2.79. The number of carboxylic acids is 2. The molecule has 0 aliphatic rings. The highest BCUT2D eigenvalue weighted by atomic mass is 33.1. The lowest BCUT2D eigenvalue weighted by Crippen LogP contribution is -2.67. The first-order chi connectivity index (χ1) is 13.7. The minimum absolute atomic E-state index is 0.000211. The molecular weight excluding hydrogens is 432 g/mol. The number of nitrogens with two attached hydrogens (primary N) is 4. The summed E-state index contributed by atoms with van der Waals surface area (Å²) in [6, 6.07) is -5.49. The van der Waals surface area contributed by atoms with Crippen LogP contribution in [0, 0.1) is 11.8 Å². The molecule has 10 N–H and O–H groups in total. The second-order valence-corrected chi connectivity index (χ2v) is 10.7. The Morgan fingerprint density at radius 3 is 1.47 bits per heavy atom. The van der Waals surface area contributed by atoms with Gasteiger partial charge in [-0.3, -0.25) is 19.2 Å². The molecule has 4 atom stereocenters. The zero-order chi connectivity index (χ0) is 23.8. The van der Waals surface area contributed by atoms with Gasteiger partial charge in [-0.2, -0.15) is 0 Å². The van der Waals surface area contributed by atoms with Crippen LogP contribution in [-0.2, 0) is 19.2 Å². The molecule has 0 heterocycles. The van der Waals surface area contributed by atoms with Crippen LogP contribution < -0.4 is 22.9 Å². The number of hydrogen-bond acceptors (Lipinski definition) is 10. The van der Waals surface area contributed by atoms with E-state index in [1.54, 1.807) is 0 Å². The summed E-state index contributed by atoms with van der Waals surface area (Å²) in [6.07, 6.45) is 0.416. The first-order valence-electron chi connectivity index (χ1n) is 9.55. The predicted molar refractivity (Wildman–Crippen MR) is 119 cm³/mol. The van der Waals surface area contributed by atoms with Crippen LogP contribution in [0.4, 0.5) is 0 Å². The van der Waals surface area contributed by atoms with Gasteiger partial charge in [0.05, 0.1) is 12.1 Å². The quantitative estimate of drug-likeness (QED) is 0.137. The highest BCUT2D eigenvalue weighted by Crippen LogP contribution is 2.42. The van der Waals surface area contributed by atoms with Crippen molar-refractivity contribution in [2.75, 3.05) is 5.75 Å². The van der Waals surface area contributed by atoms with E-state index in [0.29, 0.717) is 10.8 Å². The highest BCUT2D eigenvalue weighted by Gasteiger charge is 2.57. The number of hydrogen-bond donors (Lipinski definition) is 6. The van der Waals surface area contributed by atoms with Gasteiger partial charge in [0.1, 0.15) is 12.1 Å². The van der Waals surface area contributed by atoms with Crippen molar-refractivity contribution < 1.29 is 29.4 Å². The molecule has 0 unspecified atom stereocenters. The van der Waals surface area contributed by atoms with E-state index >= 15 is 0 Å². The van der Waals surface area contributed by atoms with Crippen molar-refractivity contribution in [1.29, 1.82) is 0 Å². The van der Waals surface area contributed by atoms with Gasteiger partial charge in [0, 0.05) is 5.75 Å². The van der Waals surface area contributed by atoms with Crippen molar-refractivity contribution in [1.82, 2.24) is 0 Å². The highest BCUT2D eigenvalue weighted by molar-refractivity contribution is 8.77. The van der Waals surface area contributed by atoms with Crippen molar-refractivity contribution in [2.45, 2.75) is 69.5 Å². The predicted octanol–water partition coefficient (Wildman–Crippen LogP) is -0.185. The Hall–Kier alpha value is -1.18. The lowest BCUT2D eigenvalue weighted by molar-refractivity contribution is -0.145. The van der Waals surface area contributed by atoms with Crippen LogP contribution in [-0.4, -0.2) is 68.4 Å². The van der Waals surface area contributed by atoms with Crippen LogP contribution >= 0.6 is 21.6 Å². The summed E-state index contributed by atoms with van der Waals surface area (Å²) in [5.74, 6) is -4.70. The van der Waals surface area contributed by atoms with Crippen molar-refractivity contribution in [3.63, 3.8) is 0 Å². The van der Waals surface area contributed by atoms with E-state index in [1.807, 2.05) is 27.7 Å². The summed E-state index contributed by atoms with van der Waals surface area (Å²) < 4.78 is -2.28. The van der Waals surface area contributed by atoms with E-state index in [2.05, 4.69) is 0 Å². The number of carbonyl (C=O) groups is 4. The van der Waals surface area contributed by atoms with Crippen LogP contribution in [0.1, 0.15) is 40.5 Å². The van der Waals surface area contributed by atoms with Gasteiger partial charge >= 0.3 is 11.9 Å². The zero-order valence-corrected chi connectivity index (χ0v) is 19.4. The maximum atomic E-state index is 13.4. The van der Waals surface area contributed by atoms with E-state index in [1.165, 1.54) is 0 Å². The molecule has 0 aliphatic carbocycles. The third-order valence-corrected chi connectivity index (χ3v) is 7.40. The Labute approximate surface area is 184 Å². The molecule has 10 nitrogen and oxygen atoms in total. The largest absolute Gasteiger partial charge is 0.480 e. The van der Waals surface area contributed by atoms with E-state index in [4.69, 9.17) is 28.0 Å². The van der Waals surface area contributed by atoms with Crippen molar-refractivity contribution in [3.05, 3.63) is 0 Å². The molecule has 0 rings (SSSR count). The van der Waals surface area contributed by atoms with Gasteiger partial charge in [0.15, 0.2) is 16.3 Å². The molecule has 0 radical (unpaired) electrons. The molecule has 0 aromatic heterocycles. The van der Waals surface area contributed by atoms with Gasteiger partial charge in [0.2, 0.25) is 0 Å². The number of ketones is 2. The van der Waals surface area contributed by atoms with E-state index < -0.39 is 52.4 Å². The number of carboxylic acid groups (broad SMARTS) is 2. The Morgan fingerprint density at radius 2 is 1.17 bits per heavy atom. The average Bonchev–Trinajstić information content (AvgIpc) is 2.62. The molecular formula is C18H34N4O6S2. The van der Waals surface area contributed by atoms with E-state index in [9.17, 15) is 24.3 Å². The summed E-state index contributed by atoms with van der Waals surface area (Å²) in [7, 11) is 1.37. The van der Waals surface area contributed by atoms with Crippen LogP contribution in [0.15, 0.2) is 0 Å². The normalized spacial score (nSPS) is 16.2. The monoisotopic (exact) mass is 466 g/mol. The minimum Gasteiger partial charge on any atom is -0.480 e. The van der Waals surface area contributed by atoms with Crippen LogP contribution in [0.5, 0.6) is 0 Å². The van der Waals surface area contributed by atoms with Crippen LogP contribution in [0.25, 0.3) is 0 Å². The maximum Gasteiger partial charge on any atom is 0.322 e. The SMILES string of the molecule is CC(C)C[C@H](N)C(=O)C(SSC[C@H](N)C(=O)O)(C(=O)[C@@H](N)CC(C)C)[C@H](N)C(=O)O. The summed E-state index contributed by atoms with van der Waals surface area (Å²) in [4.78, 5) is 49.5. The third-order valence-electron chi connectivity index (χ3n) is 4.32. The van der Waals surface area contributed by atoms with Gasteiger partial charge in [-0.25, -0.2) is 0 Å². The topological polar surface area (TPSA) is 213 Å². The van der Waals surface area contributed by atoms with Crippen LogP contribution in [0.3, 0.4) is 0 Å². The first-order valence-corrected chi connectivity index (χ1v) is 11.9. The zero-order valence-electron chi connectivity index (χ0n) is 17.7. The Bertz CT molecular complexity index is 604. The van der Waals surface area contributed by atoms with Gasteiger partial charge < -0.3 is 33.1 Å². The number of rotatable bonds is 15. The third kappa shape index (κ3) is 7.82. The standard InChI is InChI=1S/C18H34N4O6S2/c1-8(2)5-10(19)14(23)18(13(22)17(27)28,15(24)11(20)6-9(3)4)30-29-7-12(21)16(25)26/h8-13H,5-7,19-22H2,1-4H3,(H,25,26)(H,27,28)/t10-,11-,12-,13+/m0/s1. The summed E-state index contributed by atoms with van der Waals surface area (Å²) in [5, 5.41) is 18.5. The van der Waals surface area contributed by atoms with E-state index in [0.717, 1.165) is 10.8 Å². The van der Waals surface area contributed by atoms with E-state index in [-0.39, 0.29) is 30.4 Å². The molecule has 30 heavy (non-hydrogen) atoms. The second-order valence-electron chi connectivity index (χ2n) is 8.06. The maximum absolute atomic E-state index is 13.4. The first kappa shape index (κ1) is 28.8. The van der Waals surface area contributed by atoms with Crippen molar-refractivity contribution >= 4 is 45.1 Å². The molecule has 0 amide bonds. The molecule has 174 valence electrons. The molecule has 0 saturated carbocycles. The molecule has 0 saturated heterocycles. The van der Waals surface area contributed by atoms with Crippen molar-refractivity contribution in [2.24, 2.45) is 34.8 Å². The number of carbonyl (C=O) groups excluding carboxylic acids is 2. The molecule has 0 aromatic rings. The Morgan fingerprint density at radius 1 is 0.767 bits per heavy atom. The lowest BCUT2D eigenvalue weighted by Gasteiger charge is -2.37. The fourth-order valence-corrected chi connectivity index (χ4v) is 6.01. The molecule has 12 heteroatoms. The molecule has 0 aliphatic heterocycles. The smallest absolute Gasteiger partial charge is 0.322 e. The van der Waals surface area contributed by atoms with Gasteiger partial charge in [0.25, 0.3) is 0 Å². The molecule has 0 fully saturated rings. The van der Waals surface area contributed by atoms with Gasteiger partial charge in [-0.05, 0) is 24.7 Å². The number of Topliss-reactive ketones (excluding diaryl/α,β-unsaturated/α-hetero) is 2. The minimum atomic E-state index is -2.28. The molecule has 0 aromatic carbocycles. The van der Waals surface area contributed by atoms with Gasteiger partial charge in [-0.15, -0.1) is 0 Å². The molecule has 0 spiro atoms. The lowest BCUT2D eigenvalue weighted by atomic mass is 9.80. The van der Waals surface area contributed by atoms with Crippen molar-refractivity contribution in [3.8, 4) is 0 Å². The molecule has 0 bridgehead atoms.